The van der Waals surface area contributed by atoms with E-state index in [-0.39, 0.29) is 5.69 Å². The monoisotopic (exact) mass is 309 g/mol. The lowest BCUT2D eigenvalue weighted by Crippen LogP contribution is -2.99. The molecule has 1 aromatic carbocycles. The average Bonchev–Trinajstić information content (AvgIpc) is 2.45. The van der Waals surface area contributed by atoms with Gasteiger partial charge in [-0.3, -0.25) is 0 Å². The van der Waals surface area contributed by atoms with Crippen LogP contribution in [-0.2, 0) is 9.53 Å². The zero-order chi connectivity index (χ0) is 15.6. The molecule has 0 saturated carbocycles. The number of carbonyl (C=O) groups excluding carboxylic acids is 1. The summed E-state index contributed by atoms with van der Waals surface area (Å²) in [5, 5.41) is 25.1. The van der Waals surface area contributed by atoms with Crippen LogP contribution in [0.25, 0.3) is 0 Å². The van der Waals surface area contributed by atoms with Crippen LogP contribution in [0.15, 0.2) is 35.5 Å². The van der Waals surface area contributed by atoms with E-state index in [1.807, 2.05) is 0 Å². The Labute approximate surface area is 126 Å². The van der Waals surface area contributed by atoms with Gasteiger partial charge in [-0.1, -0.05) is 12.1 Å². The summed E-state index contributed by atoms with van der Waals surface area (Å²) in [7, 11) is 1.31. The fraction of sp³-hybridized carbons (Fsp3) is 0.231. The third-order valence-electron chi connectivity index (χ3n) is 3.17. The number of benzene rings is 1. The van der Waals surface area contributed by atoms with E-state index >= 15 is 0 Å². The fourth-order valence-corrected chi connectivity index (χ4v) is 2.41. The maximum atomic E-state index is 11.9. The highest BCUT2D eigenvalue weighted by Gasteiger charge is 2.30. The first kappa shape index (κ1) is 15.4. The smallest absolute Gasteiger partial charge is 0.337 e. The number of hydrogen-bond acceptors (Lipinski definition) is 5. The van der Waals surface area contributed by atoms with E-state index in [0.29, 0.717) is 16.4 Å². The van der Waals surface area contributed by atoms with Crippen LogP contribution >= 0.6 is 12.2 Å². The molecule has 1 aromatic rings. The summed E-state index contributed by atoms with van der Waals surface area (Å²) in [6.07, 6.45) is 0. The van der Waals surface area contributed by atoms with Crippen molar-refractivity contribution in [3.63, 3.8) is 0 Å². The van der Waals surface area contributed by atoms with Crippen molar-refractivity contribution >= 4 is 29.0 Å². The van der Waals surface area contributed by atoms with Crippen molar-refractivity contribution in [1.82, 2.24) is 10.6 Å². The fourth-order valence-electron chi connectivity index (χ4n) is 2.14. The molecule has 7 nitrogen and oxygen atoms in total. The number of quaternary nitrogens is 1. The first-order valence-electron chi connectivity index (χ1n) is 6.14. The lowest BCUT2D eigenvalue weighted by atomic mass is 9.95. The van der Waals surface area contributed by atoms with E-state index in [1.54, 1.807) is 19.1 Å². The van der Waals surface area contributed by atoms with Crippen LogP contribution in [0.3, 0.4) is 0 Å². The van der Waals surface area contributed by atoms with E-state index in [0.717, 1.165) is 5.56 Å². The molecule has 0 saturated heterocycles. The van der Waals surface area contributed by atoms with Crippen molar-refractivity contribution in [3.05, 3.63) is 46.3 Å². The Kier molecular flexibility index (Phi) is 4.53. The molecule has 0 spiro atoms. The van der Waals surface area contributed by atoms with Gasteiger partial charge in [-0.25, -0.2) is 10.0 Å². The highest BCUT2D eigenvalue weighted by Crippen LogP contribution is 2.27. The number of carbonyl (C=O) groups is 1. The van der Waals surface area contributed by atoms with Crippen molar-refractivity contribution in [3.8, 4) is 0 Å². The predicted molar refractivity (Wildman–Crippen MR) is 78.5 cm³/mol. The van der Waals surface area contributed by atoms with E-state index in [1.165, 1.54) is 19.2 Å². The van der Waals surface area contributed by atoms with Gasteiger partial charge in [-0.15, -0.1) is 0 Å². The first-order chi connectivity index (χ1) is 9.93. The molecule has 2 atom stereocenters. The minimum atomic E-state index is -1.00. The summed E-state index contributed by atoms with van der Waals surface area (Å²) < 4.78 is 4.79. The van der Waals surface area contributed by atoms with Gasteiger partial charge >= 0.3 is 5.97 Å². The third-order valence-corrected chi connectivity index (χ3v) is 3.39. The summed E-state index contributed by atoms with van der Waals surface area (Å²) in [6.45, 7) is 1.73. The molecule has 1 aliphatic rings. The van der Waals surface area contributed by atoms with Crippen LogP contribution in [0.5, 0.6) is 0 Å². The predicted octanol–water partition coefficient (Wildman–Crippen LogP) is 0.0558. The molecule has 0 aromatic heterocycles. The molecule has 0 bridgehead atoms. The Hall–Kier alpha value is -2.00. The first-order valence-corrected chi connectivity index (χ1v) is 6.54. The van der Waals surface area contributed by atoms with Gasteiger partial charge in [-0.05, 0) is 24.7 Å². The number of allylic oxidation sites excluding steroid dienone is 1. The minimum Gasteiger partial charge on any atom is -0.595 e. The van der Waals surface area contributed by atoms with Gasteiger partial charge in [0.15, 0.2) is 10.8 Å². The van der Waals surface area contributed by atoms with E-state index in [9.17, 15) is 10.0 Å². The second-order valence-corrected chi connectivity index (χ2v) is 4.90. The van der Waals surface area contributed by atoms with Gasteiger partial charge in [0.25, 0.3) is 0 Å². The molecule has 0 fully saturated rings. The van der Waals surface area contributed by atoms with Gasteiger partial charge in [0, 0.05) is 17.8 Å². The molecule has 0 amide bonds. The van der Waals surface area contributed by atoms with E-state index in [2.05, 4.69) is 10.6 Å². The maximum absolute atomic E-state index is 11.9. The van der Waals surface area contributed by atoms with Crippen LogP contribution in [0.1, 0.15) is 18.5 Å². The zero-order valence-corrected chi connectivity index (χ0v) is 12.3. The molecule has 8 heteroatoms. The molecule has 21 heavy (non-hydrogen) atoms. The molecule has 4 N–H and O–H groups in total. The summed E-state index contributed by atoms with van der Waals surface area (Å²) >= 11 is 5.10. The quantitative estimate of drug-likeness (QED) is 0.356. The number of nitrogens with one attached hydrogen (secondary N) is 3. The minimum absolute atomic E-state index is 0.176. The van der Waals surface area contributed by atoms with Gasteiger partial charge in [0.05, 0.1) is 18.7 Å². The third kappa shape index (κ3) is 3.19. The Balaban J connectivity index is 2.41. The lowest BCUT2D eigenvalue weighted by molar-refractivity contribution is -0.991. The molecule has 112 valence electrons. The Bertz CT molecular complexity index is 598. The maximum Gasteiger partial charge on any atom is 0.337 e. The molecule has 0 radical (unpaired) electrons. The SMILES string of the molecule is COC(=O)C1=C(C)NC(=S)N[C@H]1c1ccc([NH+]([O-])O)cc1. The lowest BCUT2D eigenvalue weighted by Gasteiger charge is -2.29. The van der Waals surface area contributed by atoms with Crippen molar-refractivity contribution in [2.45, 2.75) is 13.0 Å². The van der Waals surface area contributed by atoms with E-state index in [4.69, 9.17) is 22.2 Å². The van der Waals surface area contributed by atoms with Gasteiger partial charge in [0.2, 0.25) is 0 Å². The van der Waals surface area contributed by atoms with Gasteiger partial charge in [-0.2, -0.15) is 5.23 Å². The standard InChI is InChI=1S/C13H15N3O4S/c1-7-10(12(17)20-2)11(15-13(21)14-7)8-3-5-9(6-4-8)16(18)19/h3-6,11,16,18H,1-2H3,(H2,14,15,21)/t11-/m0/s1. The number of ether oxygens (including phenoxy) is 1. The number of thiocarbonyl (C=S) groups is 1. The van der Waals surface area contributed by atoms with Crippen LogP contribution in [-0.4, -0.2) is 23.4 Å². The number of rotatable bonds is 3. The summed E-state index contributed by atoms with van der Waals surface area (Å²) in [6, 6.07) is 5.77. The summed E-state index contributed by atoms with van der Waals surface area (Å²) in [4.78, 5) is 11.9. The van der Waals surface area contributed by atoms with Crippen LogP contribution in [0, 0.1) is 5.21 Å². The highest BCUT2D eigenvalue weighted by atomic mass is 32.1. The van der Waals surface area contributed by atoms with Crippen LogP contribution < -0.4 is 15.9 Å². The van der Waals surface area contributed by atoms with Crippen molar-refractivity contribution in [2.75, 3.05) is 7.11 Å². The molecule has 1 aliphatic heterocycles. The molecule has 1 heterocycles. The largest absolute Gasteiger partial charge is 0.595 e. The second kappa shape index (κ2) is 6.19. The molecule has 1 unspecified atom stereocenters. The van der Waals surface area contributed by atoms with Crippen molar-refractivity contribution in [1.29, 1.82) is 0 Å². The normalized spacial score (nSPS) is 19.6. The number of esters is 1. The Morgan fingerprint density at radius 3 is 2.57 bits per heavy atom. The summed E-state index contributed by atoms with van der Waals surface area (Å²) in [5.41, 5.74) is 1.92. The number of methoxy groups -OCH3 is 1. The highest BCUT2D eigenvalue weighted by molar-refractivity contribution is 7.80. The Morgan fingerprint density at radius 1 is 1.43 bits per heavy atom. The average molecular weight is 309 g/mol. The van der Waals surface area contributed by atoms with E-state index < -0.39 is 17.2 Å². The van der Waals surface area contributed by atoms with Crippen molar-refractivity contribution in [2.24, 2.45) is 0 Å². The van der Waals surface area contributed by atoms with Crippen molar-refractivity contribution < 1.29 is 20.0 Å². The summed E-state index contributed by atoms with van der Waals surface area (Å²) in [5.74, 6) is -0.470. The zero-order valence-electron chi connectivity index (χ0n) is 11.5. The molecular weight excluding hydrogens is 294 g/mol. The van der Waals surface area contributed by atoms with Gasteiger partial charge < -0.3 is 20.6 Å². The van der Waals surface area contributed by atoms with Crippen LogP contribution in [0.2, 0.25) is 0 Å². The van der Waals surface area contributed by atoms with Crippen LogP contribution in [0.4, 0.5) is 5.69 Å². The van der Waals surface area contributed by atoms with Gasteiger partial charge in [0.1, 0.15) is 0 Å². The molecular formula is C13H15N3O4S. The topological polar surface area (TPSA) is 98.1 Å². The Morgan fingerprint density at radius 2 is 2.05 bits per heavy atom. The molecule has 0 aliphatic carbocycles. The molecule has 2 rings (SSSR count). The number of hydrogen-bond donors (Lipinski definition) is 4. The second-order valence-electron chi connectivity index (χ2n) is 4.49.